The van der Waals surface area contributed by atoms with Crippen LogP contribution in [0.25, 0.3) is 0 Å². The normalized spacial score (nSPS) is 12.6. The van der Waals surface area contributed by atoms with Gasteiger partial charge < -0.3 is 15.6 Å². The third-order valence-electron chi connectivity index (χ3n) is 1.84. The summed E-state index contributed by atoms with van der Waals surface area (Å²) >= 11 is 5.73. The van der Waals surface area contributed by atoms with E-state index < -0.39 is 11.9 Å². The zero-order chi connectivity index (χ0) is 10.7. The van der Waals surface area contributed by atoms with Crippen molar-refractivity contribution in [2.24, 2.45) is 5.73 Å². The summed E-state index contributed by atoms with van der Waals surface area (Å²) in [5.41, 5.74) is 5.91. The molecule has 0 aliphatic heterocycles. The molecule has 0 saturated heterocycles. The van der Waals surface area contributed by atoms with Crippen LogP contribution in [0.2, 0.25) is 5.02 Å². The molecule has 1 rings (SSSR count). The van der Waals surface area contributed by atoms with Gasteiger partial charge in [0.1, 0.15) is 11.6 Å². The van der Waals surface area contributed by atoms with Crippen molar-refractivity contribution in [3.8, 4) is 5.75 Å². The Balaban J connectivity index is 3.24. The topological polar surface area (TPSA) is 55.5 Å². The summed E-state index contributed by atoms with van der Waals surface area (Å²) in [6.07, 6.45) is 0. The second kappa shape index (κ2) is 4.59. The Morgan fingerprint density at radius 1 is 1.64 bits per heavy atom. The Morgan fingerprint density at radius 3 is 2.79 bits per heavy atom. The first-order valence-corrected chi connectivity index (χ1v) is 4.37. The van der Waals surface area contributed by atoms with Gasteiger partial charge in [-0.05, 0) is 12.1 Å². The van der Waals surface area contributed by atoms with Crippen molar-refractivity contribution in [2.75, 3.05) is 13.7 Å². The first-order chi connectivity index (χ1) is 6.60. The molecule has 78 valence electrons. The van der Waals surface area contributed by atoms with Crippen molar-refractivity contribution < 1.29 is 14.2 Å². The van der Waals surface area contributed by atoms with Crippen LogP contribution in [0.1, 0.15) is 11.6 Å². The lowest BCUT2D eigenvalue weighted by Crippen LogP contribution is -2.16. The van der Waals surface area contributed by atoms with Gasteiger partial charge in [0, 0.05) is 5.56 Å². The Morgan fingerprint density at radius 2 is 2.29 bits per heavy atom. The van der Waals surface area contributed by atoms with Gasteiger partial charge in [0.2, 0.25) is 0 Å². The summed E-state index contributed by atoms with van der Waals surface area (Å²) in [6, 6.07) is 1.64. The molecule has 0 spiro atoms. The van der Waals surface area contributed by atoms with E-state index in [0.29, 0.717) is 11.3 Å². The van der Waals surface area contributed by atoms with E-state index in [1.165, 1.54) is 13.2 Å². The molecule has 0 aliphatic carbocycles. The third-order valence-corrected chi connectivity index (χ3v) is 2.12. The van der Waals surface area contributed by atoms with Gasteiger partial charge in [0.25, 0.3) is 0 Å². The molecule has 0 aromatic heterocycles. The highest BCUT2D eigenvalue weighted by Crippen LogP contribution is 2.32. The number of hydrogen-bond acceptors (Lipinski definition) is 3. The van der Waals surface area contributed by atoms with Gasteiger partial charge in [0.15, 0.2) is 0 Å². The van der Waals surface area contributed by atoms with E-state index >= 15 is 0 Å². The quantitative estimate of drug-likeness (QED) is 0.810. The molecule has 1 atom stereocenters. The van der Waals surface area contributed by atoms with E-state index in [9.17, 15) is 4.39 Å². The molecule has 3 N–H and O–H groups in total. The van der Waals surface area contributed by atoms with E-state index in [-0.39, 0.29) is 11.6 Å². The number of halogens is 2. The summed E-state index contributed by atoms with van der Waals surface area (Å²) in [5.74, 6) is -0.204. The molecule has 14 heavy (non-hydrogen) atoms. The molecule has 0 fully saturated rings. The van der Waals surface area contributed by atoms with Crippen LogP contribution in [0.4, 0.5) is 4.39 Å². The summed E-state index contributed by atoms with van der Waals surface area (Å²) < 4.78 is 17.9. The van der Waals surface area contributed by atoms with E-state index in [1.807, 2.05) is 0 Å². The molecule has 0 radical (unpaired) electrons. The fourth-order valence-electron chi connectivity index (χ4n) is 1.17. The number of hydrogen-bond donors (Lipinski definition) is 2. The maximum absolute atomic E-state index is 13.0. The molecule has 3 nitrogen and oxygen atoms in total. The zero-order valence-corrected chi connectivity index (χ0v) is 8.38. The third kappa shape index (κ3) is 2.15. The maximum Gasteiger partial charge on any atom is 0.142 e. The average molecular weight is 220 g/mol. The lowest BCUT2D eigenvalue weighted by atomic mass is 10.1. The second-order valence-electron chi connectivity index (χ2n) is 2.80. The summed E-state index contributed by atoms with van der Waals surface area (Å²) in [5, 5.41) is 8.99. The molecule has 0 aliphatic rings. The predicted octanol–water partition coefficient (Wildman–Crippen LogP) is 1.48. The van der Waals surface area contributed by atoms with Gasteiger partial charge in [0.05, 0.1) is 24.8 Å². The summed E-state index contributed by atoms with van der Waals surface area (Å²) in [4.78, 5) is 0. The van der Waals surface area contributed by atoms with E-state index in [0.717, 1.165) is 6.07 Å². The van der Waals surface area contributed by atoms with Gasteiger partial charge in [-0.15, -0.1) is 0 Å². The highest BCUT2D eigenvalue weighted by atomic mass is 35.5. The molecule has 0 bridgehead atoms. The fraction of sp³-hybridized carbons (Fsp3) is 0.333. The number of benzene rings is 1. The molecule has 5 heteroatoms. The first-order valence-electron chi connectivity index (χ1n) is 3.99. The lowest BCUT2D eigenvalue weighted by molar-refractivity contribution is 0.264. The molecular weight excluding hydrogens is 209 g/mol. The summed E-state index contributed by atoms with van der Waals surface area (Å²) in [6.45, 7) is -0.295. The minimum Gasteiger partial charge on any atom is -0.495 e. The van der Waals surface area contributed by atoms with Crippen LogP contribution >= 0.6 is 11.6 Å². The number of nitrogens with two attached hydrogens (primary N) is 1. The van der Waals surface area contributed by atoms with Gasteiger partial charge in [-0.2, -0.15) is 0 Å². The maximum atomic E-state index is 13.0. The van der Waals surface area contributed by atoms with Crippen molar-refractivity contribution in [3.05, 3.63) is 28.5 Å². The smallest absolute Gasteiger partial charge is 0.142 e. The minimum atomic E-state index is -0.696. The number of aliphatic hydroxyl groups excluding tert-OH is 1. The van der Waals surface area contributed by atoms with Crippen LogP contribution in [0, 0.1) is 5.82 Å². The second-order valence-corrected chi connectivity index (χ2v) is 3.21. The van der Waals surface area contributed by atoms with Gasteiger partial charge in [-0.25, -0.2) is 4.39 Å². The number of ether oxygens (including phenoxy) is 1. The standard InChI is InChI=1S/C9H11ClFNO2/c1-14-9-6(8(12)4-13)2-5(11)3-7(9)10/h2-3,8,13H,4,12H2,1H3. The van der Waals surface area contributed by atoms with Crippen LogP contribution < -0.4 is 10.5 Å². The van der Waals surface area contributed by atoms with Gasteiger partial charge >= 0.3 is 0 Å². The van der Waals surface area contributed by atoms with Crippen LogP contribution in [0.15, 0.2) is 12.1 Å². The fourth-order valence-corrected chi connectivity index (χ4v) is 1.46. The van der Waals surface area contributed by atoms with E-state index in [4.69, 9.17) is 27.2 Å². The number of methoxy groups -OCH3 is 1. The molecule has 1 aromatic rings. The Labute approximate surface area is 86.2 Å². The monoisotopic (exact) mass is 219 g/mol. The number of rotatable bonds is 3. The van der Waals surface area contributed by atoms with Crippen LogP contribution in [-0.4, -0.2) is 18.8 Å². The molecule has 0 saturated carbocycles. The lowest BCUT2D eigenvalue weighted by Gasteiger charge is -2.14. The van der Waals surface area contributed by atoms with Crippen LogP contribution in [0.5, 0.6) is 5.75 Å². The molecular formula is C9H11ClFNO2. The minimum absolute atomic E-state index is 0.145. The van der Waals surface area contributed by atoms with Crippen molar-refractivity contribution in [3.63, 3.8) is 0 Å². The Kier molecular flexibility index (Phi) is 3.69. The average Bonchev–Trinajstić information content (AvgIpc) is 2.15. The van der Waals surface area contributed by atoms with E-state index in [2.05, 4.69) is 0 Å². The highest BCUT2D eigenvalue weighted by molar-refractivity contribution is 6.32. The van der Waals surface area contributed by atoms with Crippen LogP contribution in [-0.2, 0) is 0 Å². The first kappa shape index (κ1) is 11.2. The number of aliphatic hydroxyl groups is 1. The van der Waals surface area contributed by atoms with E-state index in [1.54, 1.807) is 0 Å². The van der Waals surface area contributed by atoms with Gasteiger partial charge in [-0.1, -0.05) is 11.6 Å². The molecule has 1 aromatic carbocycles. The summed E-state index contributed by atoms with van der Waals surface area (Å²) in [7, 11) is 1.41. The van der Waals surface area contributed by atoms with Crippen molar-refractivity contribution in [2.45, 2.75) is 6.04 Å². The Bertz CT molecular complexity index is 333. The van der Waals surface area contributed by atoms with Crippen molar-refractivity contribution in [1.82, 2.24) is 0 Å². The highest BCUT2D eigenvalue weighted by Gasteiger charge is 2.15. The zero-order valence-electron chi connectivity index (χ0n) is 7.63. The Hall–Kier alpha value is -0.840. The van der Waals surface area contributed by atoms with Crippen molar-refractivity contribution >= 4 is 11.6 Å². The van der Waals surface area contributed by atoms with Crippen LogP contribution in [0.3, 0.4) is 0 Å². The van der Waals surface area contributed by atoms with Gasteiger partial charge in [-0.3, -0.25) is 0 Å². The molecule has 0 amide bonds. The van der Waals surface area contributed by atoms with Crippen molar-refractivity contribution in [1.29, 1.82) is 0 Å². The SMILES string of the molecule is COc1c(Cl)cc(F)cc1C(N)CO. The molecule has 1 unspecified atom stereocenters. The largest absolute Gasteiger partial charge is 0.495 e. The molecule has 0 heterocycles. The predicted molar refractivity (Wildman–Crippen MR) is 52.0 cm³/mol.